The van der Waals surface area contributed by atoms with Crippen LogP contribution >= 0.6 is 23.8 Å². The molecule has 1 fully saturated rings. The highest BCUT2D eigenvalue weighted by atomic mass is 35.5. The van der Waals surface area contributed by atoms with Crippen molar-refractivity contribution in [2.45, 2.75) is 6.61 Å². The van der Waals surface area contributed by atoms with Crippen molar-refractivity contribution in [3.63, 3.8) is 0 Å². The van der Waals surface area contributed by atoms with Crippen molar-refractivity contribution in [1.82, 2.24) is 5.32 Å². The van der Waals surface area contributed by atoms with Crippen LogP contribution in [-0.2, 0) is 16.2 Å². The number of halogens is 1. The number of hydrogen-bond donors (Lipinski definition) is 1. The zero-order valence-electron chi connectivity index (χ0n) is 20.0. The van der Waals surface area contributed by atoms with Crippen LogP contribution in [0.4, 0.5) is 5.69 Å². The van der Waals surface area contributed by atoms with Gasteiger partial charge in [-0.15, -0.1) is 0 Å². The molecule has 0 bridgehead atoms. The summed E-state index contributed by atoms with van der Waals surface area (Å²) in [5.74, 6) is 0.664. The van der Waals surface area contributed by atoms with Gasteiger partial charge in [-0.1, -0.05) is 66.2 Å². The molecule has 1 heterocycles. The Morgan fingerprint density at radius 1 is 0.816 bits per heavy atom. The first-order valence-electron chi connectivity index (χ1n) is 11.7. The maximum Gasteiger partial charge on any atom is 0.270 e. The zero-order chi connectivity index (χ0) is 26.5. The molecular weight excluding hydrogens is 520 g/mol. The molecular formula is C30H21ClN2O4S. The third kappa shape index (κ3) is 5.59. The fourth-order valence-corrected chi connectivity index (χ4v) is 4.31. The van der Waals surface area contributed by atoms with E-state index in [1.165, 1.54) is 11.0 Å². The predicted octanol–water partition coefficient (Wildman–Crippen LogP) is 6.54. The van der Waals surface area contributed by atoms with E-state index < -0.39 is 11.8 Å². The van der Waals surface area contributed by atoms with Crippen LogP contribution in [0.25, 0.3) is 6.08 Å². The highest BCUT2D eigenvalue weighted by molar-refractivity contribution is 7.80. The highest BCUT2D eigenvalue weighted by Gasteiger charge is 2.34. The van der Waals surface area contributed by atoms with Crippen LogP contribution in [0.1, 0.15) is 11.1 Å². The number of carbonyl (C=O) groups excluding carboxylic acids is 2. The van der Waals surface area contributed by atoms with Crippen LogP contribution in [0.2, 0.25) is 5.02 Å². The summed E-state index contributed by atoms with van der Waals surface area (Å²) in [7, 11) is 0. The minimum Gasteiger partial charge on any atom is -0.488 e. The van der Waals surface area contributed by atoms with Gasteiger partial charge in [-0.05, 0) is 66.8 Å². The first-order chi connectivity index (χ1) is 18.5. The number of nitrogens with one attached hydrogen (secondary N) is 1. The lowest BCUT2D eigenvalue weighted by molar-refractivity contribution is -0.122. The van der Waals surface area contributed by atoms with E-state index in [1.54, 1.807) is 48.5 Å². The lowest BCUT2D eigenvalue weighted by Gasteiger charge is -2.29. The van der Waals surface area contributed by atoms with E-state index in [1.807, 2.05) is 54.6 Å². The van der Waals surface area contributed by atoms with Crippen molar-refractivity contribution < 1.29 is 19.1 Å². The molecule has 1 aliphatic rings. The number of benzene rings is 4. The van der Waals surface area contributed by atoms with Gasteiger partial charge in [0.1, 0.15) is 29.4 Å². The van der Waals surface area contributed by atoms with E-state index in [0.717, 1.165) is 5.56 Å². The SMILES string of the molecule is O=C1NC(=S)N(c2ccc(Oc3ccccc3)cc2)C(=O)/C1=C/c1ccccc1OCc1ccccc1Cl. The second kappa shape index (κ2) is 11.3. The van der Waals surface area contributed by atoms with Gasteiger partial charge >= 0.3 is 0 Å². The van der Waals surface area contributed by atoms with Gasteiger partial charge in [0, 0.05) is 16.1 Å². The Balaban J connectivity index is 1.38. The van der Waals surface area contributed by atoms with Gasteiger partial charge in [0.25, 0.3) is 11.8 Å². The summed E-state index contributed by atoms with van der Waals surface area (Å²) in [5, 5.41) is 3.20. The number of amides is 2. The van der Waals surface area contributed by atoms with E-state index >= 15 is 0 Å². The average molecular weight is 541 g/mol. The molecule has 0 aliphatic carbocycles. The number of hydrogen-bond acceptors (Lipinski definition) is 5. The third-order valence-corrected chi connectivity index (χ3v) is 6.39. The van der Waals surface area contributed by atoms with Gasteiger partial charge in [-0.25, -0.2) is 0 Å². The number of carbonyl (C=O) groups is 2. The average Bonchev–Trinajstić information content (AvgIpc) is 2.92. The van der Waals surface area contributed by atoms with Crippen molar-refractivity contribution in [1.29, 1.82) is 0 Å². The van der Waals surface area contributed by atoms with Gasteiger partial charge in [0.05, 0.1) is 5.69 Å². The first kappa shape index (κ1) is 25.2. The molecule has 0 atom stereocenters. The molecule has 4 aromatic carbocycles. The Hall–Kier alpha value is -4.46. The van der Waals surface area contributed by atoms with Crippen molar-refractivity contribution in [2.75, 3.05) is 4.90 Å². The molecule has 2 amide bonds. The fraction of sp³-hybridized carbons (Fsp3) is 0.0333. The van der Waals surface area contributed by atoms with E-state index in [-0.39, 0.29) is 17.3 Å². The second-order valence-corrected chi connectivity index (χ2v) is 9.08. The number of thiocarbonyl (C=S) groups is 1. The molecule has 0 radical (unpaired) electrons. The van der Waals surface area contributed by atoms with E-state index in [9.17, 15) is 9.59 Å². The molecule has 4 aromatic rings. The van der Waals surface area contributed by atoms with E-state index in [2.05, 4.69) is 5.32 Å². The van der Waals surface area contributed by atoms with Crippen molar-refractivity contribution in [2.24, 2.45) is 0 Å². The van der Waals surface area contributed by atoms with Crippen molar-refractivity contribution in [3.05, 3.63) is 125 Å². The summed E-state index contributed by atoms with van der Waals surface area (Å²) in [6.45, 7) is 0.230. The second-order valence-electron chi connectivity index (χ2n) is 8.28. The van der Waals surface area contributed by atoms with Gasteiger partial charge < -0.3 is 9.47 Å². The van der Waals surface area contributed by atoms with Gasteiger partial charge in [0.2, 0.25) is 0 Å². The Kier molecular flexibility index (Phi) is 7.49. The van der Waals surface area contributed by atoms with Gasteiger partial charge in [-0.3, -0.25) is 19.8 Å². The number of anilines is 1. The molecule has 1 aliphatic heterocycles. The molecule has 8 heteroatoms. The lowest BCUT2D eigenvalue weighted by atomic mass is 10.1. The maximum atomic E-state index is 13.5. The molecule has 6 nitrogen and oxygen atoms in total. The molecule has 5 rings (SSSR count). The maximum absolute atomic E-state index is 13.5. The predicted molar refractivity (Wildman–Crippen MR) is 151 cm³/mol. The molecule has 0 unspecified atom stereocenters. The number of ether oxygens (including phenoxy) is 2. The molecule has 0 aromatic heterocycles. The van der Waals surface area contributed by atoms with Crippen LogP contribution in [0.5, 0.6) is 17.2 Å². The topological polar surface area (TPSA) is 67.9 Å². The van der Waals surface area contributed by atoms with Crippen molar-refractivity contribution >= 4 is 52.5 Å². The quantitative estimate of drug-likeness (QED) is 0.164. The molecule has 38 heavy (non-hydrogen) atoms. The Morgan fingerprint density at radius 2 is 1.47 bits per heavy atom. The number of para-hydroxylation sites is 2. The van der Waals surface area contributed by atoms with Crippen LogP contribution in [0.15, 0.2) is 109 Å². The van der Waals surface area contributed by atoms with Gasteiger partial charge in [0.15, 0.2) is 5.11 Å². The zero-order valence-corrected chi connectivity index (χ0v) is 21.5. The molecule has 0 saturated carbocycles. The minimum absolute atomic E-state index is 0.00266. The summed E-state index contributed by atoms with van der Waals surface area (Å²) in [5.41, 5.74) is 1.81. The van der Waals surface area contributed by atoms with E-state index in [4.69, 9.17) is 33.3 Å². The van der Waals surface area contributed by atoms with Crippen LogP contribution < -0.4 is 19.7 Å². The normalized spacial score (nSPS) is 14.4. The minimum atomic E-state index is -0.582. The van der Waals surface area contributed by atoms with Crippen LogP contribution in [-0.4, -0.2) is 16.9 Å². The summed E-state index contributed by atoms with van der Waals surface area (Å²) < 4.78 is 11.8. The first-order valence-corrected chi connectivity index (χ1v) is 12.5. The third-order valence-electron chi connectivity index (χ3n) is 5.74. The smallest absolute Gasteiger partial charge is 0.270 e. The molecule has 0 spiro atoms. The standard InChI is InChI=1S/C30H21ClN2O4S/c31-26-12-6-4-9-21(26)19-36-27-13-7-5-8-20(27)18-25-28(34)32-30(38)33(29(25)35)22-14-16-24(17-15-22)37-23-10-2-1-3-11-23/h1-18H,19H2,(H,32,34,38)/b25-18+. The number of nitrogens with zero attached hydrogens (tertiary/aromatic N) is 1. The van der Waals surface area contributed by atoms with E-state index in [0.29, 0.717) is 33.5 Å². The summed E-state index contributed by atoms with van der Waals surface area (Å²) in [4.78, 5) is 27.6. The van der Waals surface area contributed by atoms with Crippen LogP contribution in [0.3, 0.4) is 0 Å². The van der Waals surface area contributed by atoms with Gasteiger partial charge in [-0.2, -0.15) is 0 Å². The Morgan fingerprint density at radius 3 is 2.24 bits per heavy atom. The molecule has 1 N–H and O–H groups in total. The lowest BCUT2D eigenvalue weighted by Crippen LogP contribution is -2.54. The highest BCUT2D eigenvalue weighted by Crippen LogP contribution is 2.29. The summed E-state index contributed by atoms with van der Waals surface area (Å²) >= 11 is 11.6. The Labute approximate surface area is 230 Å². The fourth-order valence-electron chi connectivity index (χ4n) is 3.84. The van der Waals surface area contributed by atoms with Crippen molar-refractivity contribution in [3.8, 4) is 17.2 Å². The van der Waals surface area contributed by atoms with Crippen LogP contribution in [0, 0.1) is 0 Å². The monoisotopic (exact) mass is 540 g/mol. The number of rotatable bonds is 7. The summed E-state index contributed by atoms with van der Waals surface area (Å²) in [6.07, 6.45) is 1.50. The largest absolute Gasteiger partial charge is 0.488 e. The summed E-state index contributed by atoms with van der Waals surface area (Å²) in [6, 6.07) is 30.8. The Bertz CT molecular complexity index is 1540. The molecule has 1 saturated heterocycles. The molecule has 188 valence electrons.